The summed E-state index contributed by atoms with van der Waals surface area (Å²) in [7, 11) is -0.658. The summed E-state index contributed by atoms with van der Waals surface area (Å²) in [6.45, 7) is 12.2. The first-order chi connectivity index (χ1) is 3.92. The molecule has 9 heavy (non-hydrogen) atoms. The van der Waals surface area contributed by atoms with Gasteiger partial charge in [0.1, 0.15) is 0 Å². The molecule has 0 spiro atoms. The summed E-state index contributed by atoms with van der Waals surface area (Å²) in [6.07, 6.45) is 0. The first-order valence-electron chi connectivity index (χ1n) is 3.92. The second-order valence-corrected chi connectivity index (χ2v) is 13.8. The van der Waals surface area contributed by atoms with Crippen LogP contribution >= 0.6 is 0 Å². The van der Waals surface area contributed by atoms with Crippen LogP contribution in [0, 0.1) is 0 Å². The summed E-state index contributed by atoms with van der Waals surface area (Å²) in [5, 5.41) is 0. The lowest BCUT2D eigenvalue weighted by atomic mass is 10.6. The lowest BCUT2D eigenvalue weighted by Crippen LogP contribution is -2.23. The molecular weight excluding hydrogens is 136 g/mol. The van der Waals surface area contributed by atoms with Crippen LogP contribution in [-0.4, -0.2) is 28.4 Å². The third-order valence-electron chi connectivity index (χ3n) is 1.47. The Bertz CT molecular complexity index is 73.5. The fraction of sp³-hybridized carbons (Fsp3) is 1.00. The first-order valence-corrected chi connectivity index (χ1v) is 9.44. The molecule has 0 unspecified atom stereocenters. The Morgan fingerprint density at radius 2 is 1.67 bits per heavy atom. The minimum atomic E-state index is -0.658. The Morgan fingerprint density at radius 3 is 1.78 bits per heavy atom. The molecule has 0 heterocycles. The molecule has 0 saturated heterocycles. The van der Waals surface area contributed by atoms with Crippen LogP contribution in [0.2, 0.25) is 27.9 Å². The molecular formula is C7H18MgSi. The van der Waals surface area contributed by atoms with Gasteiger partial charge in [-0.1, -0.05) is 33.5 Å². The predicted molar refractivity (Wildman–Crippen MR) is 49.0 cm³/mol. The summed E-state index contributed by atoms with van der Waals surface area (Å²) in [5.41, 5.74) is 0. The smallest absolute Gasteiger partial charge is 0.149 e. The summed E-state index contributed by atoms with van der Waals surface area (Å²) in [4.78, 5) is 0. The van der Waals surface area contributed by atoms with E-state index in [1.807, 2.05) is 0 Å². The molecule has 0 aromatic carbocycles. The van der Waals surface area contributed by atoms with E-state index in [-0.39, 0.29) is 0 Å². The minimum Gasteiger partial charge on any atom is -0.149 e. The third-order valence-corrected chi connectivity index (χ3v) is 9.78. The van der Waals surface area contributed by atoms with Gasteiger partial charge in [0.2, 0.25) is 0 Å². The number of hydrogen-bond donors (Lipinski definition) is 0. The second-order valence-electron chi connectivity index (χ2n) is 4.49. The summed E-state index contributed by atoms with van der Waals surface area (Å²) in [6, 6.07) is 0. The van der Waals surface area contributed by atoms with Crippen LogP contribution in [0.4, 0.5) is 0 Å². The largest absolute Gasteiger partial charge is 0.364 e. The molecule has 0 aromatic rings. The highest BCUT2D eigenvalue weighted by Gasteiger charge is 2.14. The highest BCUT2D eigenvalue weighted by atomic mass is 28.3. The van der Waals surface area contributed by atoms with E-state index in [0.717, 1.165) is 4.05 Å². The predicted octanol–water partition coefficient (Wildman–Crippen LogP) is 2.81. The summed E-state index contributed by atoms with van der Waals surface area (Å²) in [5.74, 6) is 0. The van der Waals surface area contributed by atoms with E-state index < -0.39 is 8.07 Å². The van der Waals surface area contributed by atoms with Crippen molar-refractivity contribution in [2.24, 2.45) is 0 Å². The van der Waals surface area contributed by atoms with Crippen molar-refractivity contribution in [1.29, 1.82) is 0 Å². The molecule has 0 N–H and O–H groups in total. The van der Waals surface area contributed by atoms with Crippen molar-refractivity contribution in [3.05, 3.63) is 0 Å². The minimum absolute atomic E-state index is 0.304. The average Bonchev–Trinajstić information content (AvgIpc) is 1.59. The lowest BCUT2D eigenvalue weighted by molar-refractivity contribution is 1.06. The van der Waals surface area contributed by atoms with Gasteiger partial charge in [0.05, 0.1) is 0 Å². The van der Waals surface area contributed by atoms with E-state index in [2.05, 4.69) is 33.5 Å². The maximum absolute atomic E-state index is 2.47. The highest BCUT2D eigenvalue weighted by molar-refractivity contribution is 6.83. The molecule has 2 heteroatoms. The number of rotatable bonds is 3. The first kappa shape index (κ1) is 9.98. The molecule has 0 bridgehead atoms. The molecule has 0 amide bonds. The van der Waals surface area contributed by atoms with E-state index in [9.17, 15) is 0 Å². The van der Waals surface area contributed by atoms with Gasteiger partial charge in [-0.3, -0.25) is 0 Å². The molecule has 0 fully saturated rings. The second kappa shape index (κ2) is 3.99. The van der Waals surface area contributed by atoms with Crippen LogP contribution in [0.1, 0.15) is 13.8 Å². The Morgan fingerprint density at radius 1 is 1.22 bits per heavy atom. The molecule has 0 saturated carbocycles. The monoisotopic (exact) mass is 154 g/mol. The molecule has 0 aromatic heterocycles. The van der Waals surface area contributed by atoms with Crippen molar-refractivity contribution in [1.82, 2.24) is 0 Å². The molecule has 52 valence electrons. The van der Waals surface area contributed by atoms with Gasteiger partial charge in [-0.15, -0.1) is 8.22 Å². The van der Waals surface area contributed by atoms with Crippen molar-refractivity contribution in [3.8, 4) is 0 Å². The Hall–Kier alpha value is 0.983. The van der Waals surface area contributed by atoms with E-state index in [1.165, 1.54) is 0 Å². The van der Waals surface area contributed by atoms with Gasteiger partial charge < -0.3 is 0 Å². The van der Waals surface area contributed by atoms with Crippen LogP contribution in [0.15, 0.2) is 0 Å². The van der Waals surface area contributed by atoms with Crippen molar-refractivity contribution in [2.75, 3.05) is 0 Å². The number of hydrogen-bond acceptors (Lipinski definition) is 0. The van der Waals surface area contributed by atoms with Crippen molar-refractivity contribution in [2.45, 2.75) is 41.7 Å². The quantitative estimate of drug-likeness (QED) is 0.549. The van der Waals surface area contributed by atoms with Crippen LogP contribution in [0.5, 0.6) is 0 Å². The van der Waals surface area contributed by atoms with Crippen LogP contribution in [0.25, 0.3) is 0 Å². The molecule has 0 radical (unpaired) electrons. The fourth-order valence-electron chi connectivity index (χ4n) is 0.722. The zero-order chi connectivity index (χ0) is 7.49. The van der Waals surface area contributed by atoms with Gasteiger partial charge in [0, 0.05) is 8.07 Å². The fourth-order valence-corrected chi connectivity index (χ4v) is 6.50. The average molecular weight is 155 g/mol. The Balaban J connectivity index is 3.28. The lowest BCUT2D eigenvalue weighted by Gasteiger charge is -2.15. The van der Waals surface area contributed by atoms with E-state index >= 15 is 0 Å². The van der Waals surface area contributed by atoms with Crippen molar-refractivity contribution < 1.29 is 0 Å². The summed E-state index contributed by atoms with van der Waals surface area (Å²) < 4.78 is 2.67. The van der Waals surface area contributed by atoms with Crippen LogP contribution in [-0.2, 0) is 0 Å². The molecule has 0 aliphatic rings. The molecule has 0 rings (SSSR count). The topological polar surface area (TPSA) is 0 Å². The third kappa shape index (κ3) is 8.98. The normalized spacial score (nSPS) is 11.8. The standard InChI is InChI=1S/C4H11Si.C3H7.Mg/c1-5(2,3)4;1-3-2;/h1H2,2-4H3;3H,1-2H3;. The van der Waals surface area contributed by atoms with Gasteiger partial charge in [0.25, 0.3) is 0 Å². The van der Waals surface area contributed by atoms with E-state index in [0.29, 0.717) is 20.4 Å². The van der Waals surface area contributed by atoms with Gasteiger partial charge >= 0.3 is 20.4 Å². The van der Waals surface area contributed by atoms with E-state index in [1.54, 1.807) is 4.17 Å². The molecule has 0 aliphatic carbocycles. The van der Waals surface area contributed by atoms with Crippen molar-refractivity contribution >= 4 is 28.4 Å². The van der Waals surface area contributed by atoms with E-state index in [4.69, 9.17) is 0 Å². The zero-order valence-corrected chi connectivity index (χ0v) is 9.91. The van der Waals surface area contributed by atoms with Crippen molar-refractivity contribution in [3.63, 3.8) is 0 Å². The maximum Gasteiger partial charge on any atom is 0.364 e. The van der Waals surface area contributed by atoms with Gasteiger partial charge in [-0.05, 0) is 0 Å². The van der Waals surface area contributed by atoms with Gasteiger partial charge in [-0.2, -0.15) is 0 Å². The molecule has 0 atom stereocenters. The highest BCUT2D eigenvalue weighted by Crippen LogP contribution is 2.10. The zero-order valence-electron chi connectivity index (χ0n) is 7.49. The van der Waals surface area contributed by atoms with Gasteiger partial charge in [-0.25, -0.2) is 0 Å². The Labute approximate surface area is 70.2 Å². The van der Waals surface area contributed by atoms with Crippen LogP contribution < -0.4 is 0 Å². The summed E-state index contributed by atoms with van der Waals surface area (Å²) >= 11 is 0.304. The maximum atomic E-state index is 2.47. The molecule has 0 aliphatic heterocycles. The Kier molecular flexibility index (Phi) is 4.42. The SMILES string of the molecule is C[CH](C)[Mg][CH2][Si](C)(C)C. The molecule has 0 nitrogen and oxygen atoms in total. The van der Waals surface area contributed by atoms with Gasteiger partial charge in [0.15, 0.2) is 0 Å². The van der Waals surface area contributed by atoms with Crippen LogP contribution in [0.3, 0.4) is 0 Å².